The number of nitrogens with zero attached hydrogens (tertiary/aromatic N) is 1. The standard InChI is InChI=1S/C40H44F2N2O3/c1-25-6-5-17-39(2)33(15-18-40(39,47)24-44-19-16-31-30-7-3-4-8-36(30)43-37(31)23-44)29-13-10-26(20-28(45)12-9-25)21-32(29)38(46)27-11-14-34(41)35(42)22-27/h3-4,6-8,10-11,13-14,21-22,28,33,43,45,47H,5,9,12,15-20,23-24H2,1-2H3/t28-,33-,39-,40+/m0/s1. The number of H-pyrrole nitrogens is 1. The van der Waals surface area contributed by atoms with E-state index in [4.69, 9.17) is 0 Å². The van der Waals surface area contributed by atoms with Gasteiger partial charge in [-0.1, -0.05) is 48.9 Å². The molecule has 1 aromatic heterocycles. The van der Waals surface area contributed by atoms with Crippen molar-refractivity contribution in [2.45, 2.75) is 89.4 Å². The van der Waals surface area contributed by atoms with Crippen molar-refractivity contribution in [3.8, 4) is 0 Å². The molecule has 4 aromatic rings. The number of β-amino-alcohol motifs (C(OH)–C–C–N with tert-alkyl or cyclic N) is 1. The highest BCUT2D eigenvalue weighted by Gasteiger charge is 2.57. The number of hydrogen-bond donors (Lipinski definition) is 3. The van der Waals surface area contributed by atoms with Gasteiger partial charge in [0.05, 0.1) is 11.7 Å². The molecule has 0 amide bonds. The number of allylic oxidation sites excluding steroid dienone is 2. The van der Waals surface area contributed by atoms with Crippen molar-refractivity contribution in [3.63, 3.8) is 0 Å². The number of hydrogen-bond acceptors (Lipinski definition) is 4. The van der Waals surface area contributed by atoms with Crippen molar-refractivity contribution in [3.05, 3.63) is 117 Å². The molecule has 8 rings (SSSR count). The Morgan fingerprint density at radius 1 is 1.02 bits per heavy atom. The van der Waals surface area contributed by atoms with E-state index < -0.39 is 28.8 Å². The minimum absolute atomic E-state index is 0.0833. The number of para-hydroxylation sites is 1. The number of aliphatic hydroxyl groups excluding tert-OH is 1. The number of carbonyl (C=O) groups is 1. The molecule has 3 aliphatic carbocycles. The van der Waals surface area contributed by atoms with Crippen LogP contribution in [0.2, 0.25) is 0 Å². The lowest BCUT2D eigenvalue weighted by atomic mass is 9.64. The van der Waals surface area contributed by atoms with Crippen LogP contribution in [-0.2, 0) is 19.4 Å². The average molecular weight is 639 g/mol. The minimum Gasteiger partial charge on any atom is -0.393 e. The Bertz CT molecular complexity index is 1860. The summed E-state index contributed by atoms with van der Waals surface area (Å²) in [7, 11) is 0. The normalized spacial score (nSPS) is 26.9. The molecule has 0 spiro atoms. The fourth-order valence-electron chi connectivity index (χ4n) is 8.74. The van der Waals surface area contributed by atoms with Crippen LogP contribution in [0.5, 0.6) is 0 Å². The zero-order valence-electron chi connectivity index (χ0n) is 27.3. The molecule has 7 heteroatoms. The van der Waals surface area contributed by atoms with Crippen molar-refractivity contribution < 1.29 is 23.8 Å². The molecule has 47 heavy (non-hydrogen) atoms. The lowest BCUT2D eigenvalue weighted by Crippen LogP contribution is -2.53. The van der Waals surface area contributed by atoms with Crippen molar-refractivity contribution >= 4 is 16.7 Å². The highest BCUT2D eigenvalue weighted by molar-refractivity contribution is 6.10. The zero-order valence-corrected chi connectivity index (χ0v) is 27.3. The van der Waals surface area contributed by atoms with Gasteiger partial charge in [-0.2, -0.15) is 0 Å². The molecule has 2 heterocycles. The van der Waals surface area contributed by atoms with E-state index in [1.807, 2.05) is 24.3 Å². The number of aromatic amines is 1. The number of ketones is 1. The van der Waals surface area contributed by atoms with Gasteiger partial charge in [-0.15, -0.1) is 0 Å². The number of benzene rings is 3. The van der Waals surface area contributed by atoms with Gasteiger partial charge in [0, 0.05) is 52.8 Å². The fraction of sp³-hybridized carbons (Fsp3) is 0.425. The minimum atomic E-state index is -1.06. The molecule has 1 saturated carbocycles. The third kappa shape index (κ3) is 5.87. The summed E-state index contributed by atoms with van der Waals surface area (Å²) >= 11 is 0. The van der Waals surface area contributed by atoms with Gasteiger partial charge in [-0.25, -0.2) is 8.78 Å². The first-order valence-corrected chi connectivity index (χ1v) is 17.0. The first-order chi connectivity index (χ1) is 22.5. The van der Waals surface area contributed by atoms with Gasteiger partial charge in [-0.05, 0) is 111 Å². The molecular weight excluding hydrogens is 594 g/mol. The lowest BCUT2D eigenvalue weighted by Gasteiger charge is -2.46. The number of fused-ring (bicyclic) bond motifs is 11. The Kier molecular flexibility index (Phi) is 8.44. The lowest BCUT2D eigenvalue weighted by molar-refractivity contribution is -0.0857. The second-order valence-corrected chi connectivity index (χ2v) is 14.5. The maximum Gasteiger partial charge on any atom is 0.193 e. The maximum atomic E-state index is 14.3. The highest BCUT2D eigenvalue weighted by Crippen LogP contribution is 2.59. The Balaban J connectivity index is 1.27. The van der Waals surface area contributed by atoms with E-state index in [0.29, 0.717) is 37.8 Å². The monoisotopic (exact) mass is 638 g/mol. The van der Waals surface area contributed by atoms with E-state index in [2.05, 4.69) is 48.0 Å². The van der Waals surface area contributed by atoms with Crippen LogP contribution < -0.4 is 0 Å². The molecule has 0 saturated heterocycles. The second-order valence-electron chi connectivity index (χ2n) is 14.5. The molecule has 3 aromatic carbocycles. The van der Waals surface area contributed by atoms with Crippen molar-refractivity contribution in [1.29, 1.82) is 0 Å². The Morgan fingerprint density at radius 2 is 1.85 bits per heavy atom. The molecule has 1 fully saturated rings. The SMILES string of the molecule is CC1=CCC[C@@]2(C)[C@@H](CC[C@@]2(O)CN2CCc3c([nH]c4ccccc34)C2)c2ccc(cc2C(=O)c2ccc(F)c(F)c2)C[C@@H](O)CC1. The largest absolute Gasteiger partial charge is 0.393 e. The van der Waals surface area contributed by atoms with Crippen LogP contribution in [0, 0.1) is 17.0 Å². The molecule has 246 valence electrons. The van der Waals surface area contributed by atoms with Gasteiger partial charge in [0.1, 0.15) is 0 Å². The molecule has 0 unspecified atom stereocenters. The molecule has 4 atom stereocenters. The van der Waals surface area contributed by atoms with Crippen molar-refractivity contribution in [2.75, 3.05) is 13.1 Å². The quantitative estimate of drug-likeness (QED) is 0.158. The summed E-state index contributed by atoms with van der Waals surface area (Å²) in [5, 5.41) is 24.9. The predicted octanol–water partition coefficient (Wildman–Crippen LogP) is 7.77. The smallest absolute Gasteiger partial charge is 0.193 e. The van der Waals surface area contributed by atoms with Crippen LogP contribution in [0.4, 0.5) is 8.78 Å². The molecule has 0 radical (unpaired) electrons. The Hall–Kier alpha value is -3.65. The third-order valence-electron chi connectivity index (χ3n) is 11.5. The topological polar surface area (TPSA) is 76.6 Å². The van der Waals surface area contributed by atoms with Crippen LogP contribution in [0.3, 0.4) is 0 Å². The van der Waals surface area contributed by atoms with Crippen molar-refractivity contribution in [1.82, 2.24) is 9.88 Å². The molecule has 1 aliphatic heterocycles. The molecular formula is C40H44F2N2O3. The van der Waals surface area contributed by atoms with E-state index >= 15 is 0 Å². The molecule has 2 bridgehead atoms. The average Bonchev–Trinajstić information content (AvgIpc) is 3.54. The number of aliphatic hydroxyl groups is 2. The number of halogens is 2. The van der Waals surface area contributed by atoms with E-state index in [9.17, 15) is 23.8 Å². The molecule has 4 aliphatic rings. The number of rotatable bonds is 4. The molecule has 5 nitrogen and oxygen atoms in total. The summed E-state index contributed by atoms with van der Waals surface area (Å²) in [5.74, 6) is -2.57. The van der Waals surface area contributed by atoms with Gasteiger partial charge in [0.15, 0.2) is 17.4 Å². The molecule has 3 N–H and O–H groups in total. The summed E-state index contributed by atoms with van der Waals surface area (Å²) in [6.07, 6.45) is 7.13. The van der Waals surface area contributed by atoms with Crippen molar-refractivity contribution in [2.24, 2.45) is 5.41 Å². The highest BCUT2D eigenvalue weighted by atomic mass is 19.2. The number of carbonyl (C=O) groups excluding carboxylic acids is 1. The van der Waals surface area contributed by atoms with Gasteiger partial charge >= 0.3 is 0 Å². The van der Waals surface area contributed by atoms with Gasteiger partial charge in [0.2, 0.25) is 0 Å². The maximum absolute atomic E-state index is 14.3. The van der Waals surface area contributed by atoms with Crippen LogP contribution in [0.15, 0.2) is 72.3 Å². The summed E-state index contributed by atoms with van der Waals surface area (Å²) in [4.78, 5) is 20.1. The number of aromatic nitrogens is 1. The zero-order chi connectivity index (χ0) is 32.9. The van der Waals surface area contributed by atoms with E-state index in [0.717, 1.165) is 67.5 Å². The second kappa shape index (κ2) is 12.4. The van der Waals surface area contributed by atoms with Crippen LogP contribution in [-0.4, -0.2) is 50.7 Å². The van der Waals surface area contributed by atoms with Gasteiger partial charge in [-0.3, -0.25) is 9.69 Å². The summed E-state index contributed by atoms with van der Waals surface area (Å²) < 4.78 is 28.2. The van der Waals surface area contributed by atoms with Gasteiger partial charge < -0.3 is 15.2 Å². The van der Waals surface area contributed by atoms with Crippen LogP contribution >= 0.6 is 0 Å². The van der Waals surface area contributed by atoms with E-state index in [1.54, 1.807) is 0 Å². The fourth-order valence-corrected chi connectivity index (χ4v) is 8.74. The number of nitrogens with one attached hydrogen (secondary N) is 1. The van der Waals surface area contributed by atoms with Crippen LogP contribution in [0.25, 0.3) is 10.9 Å². The van der Waals surface area contributed by atoms with Crippen LogP contribution in [0.1, 0.15) is 96.6 Å². The predicted molar refractivity (Wildman–Crippen MR) is 180 cm³/mol. The first kappa shape index (κ1) is 31.9. The van der Waals surface area contributed by atoms with E-state index in [1.165, 1.54) is 28.3 Å². The Morgan fingerprint density at radius 3 is 2.68 bits per heavy atom. The van der Waals surface area contributed by atoms with Gasteiger partial charge in [0.25, 0.3) is 0 Å². The first-order valence-electron chi connectivity index (χ1n) is 17.0. The summed E-state index contributed by atoms with van der Waals surface area (Å²) in [6.45, 7) is 6.41. The summed E-state index contributed by atoms with van der Waals surface area (Å²) in [5.41, 5.74) is 5.53. The van der Waals surface area contributed by atoms with E-state index in [-0.39, 0.29) is 17.3 Å². The third-order valence-corrected chi connectivity index (χ3v) is 11.5. The Labute approximate surface area is 275 Å². The summed E-state index contributed by atoms with van der Waals surface area (Å²) in [6, 6.07) is 17.5.